The minimum atomic E-state index is -0.223. The molecule has 98 valence electrons. The topological polar surface area (TPSA) is 23.5 Å². The second-order valence-corrected chi connectivity index (χ2v) is 5.78. The van der Waals surface area contributed by atoms with Crippen LogP contribution in [0.15, 0.2) is 24.3 Å². The van der Waals surface area contributed by atoms with Gasteiger partial charge in [-0.3, -0.25) is 4.90 Å². The first kappa shape index (κ1) is 12.2. The minimum absolute atomic E-state index is 0.223. The first-order chi connectivity index (χ1) is 8.84. The predicted octanol–water partition coefficient (Wildman–Crippen LogP) is 2.60. The zero-order valence-electron chi connectivity index (χ0n) is 11.0. The van der Waals surface area contributed by atoms with Gasteiger partial charge in [0.1, 0.15) is 6.23 Å². The molecule has 0 aromatic heterocycles. The van der Waals surface area contributed by atoms with Gasteiger partial charge in [-0.2, -0.15) is 0 Å². The van der Waals surface area contributed by atoms with Crippen LogP contribution in [0.2, 0.25) is 0 Å². The number of nitrogens with zero attached hydrogens (tertiary/aromatic N) is 1. The molecule has 1 aromatic carbocycles. The second kappa shape index (κ2) is 5.41. The molecule has 1 aliphatic heterocycles. The number of benzene rings is 1. The van der Waals surface area contributed by atoms with Crippen molar-refractivity contribution in [2.75, 3.05) is 13.1 Å². The molecule has 2 unspecified atom stereocenters. The van der Waals surface area contributed by atoms with Crippen LogP contribution in [0.1, 0.15) is 36.8 Å². The smallest absolute Gasteiger partial charge is 0.110 e. The van der Waals surface area contributed by atoms with Crippen molar-refractivity contribution >= 4 is 0 Å². The van der Waals surface area contributed by atoms with Crippen molar-refractivity contribution < 1.29 is 5.11 Å². The number of rotatable bonds is 2. The van der Waals surface area contributed by atoms with E-state index in [1.807, 2.05) is 0 Å². The molecular formula is C16H23NO. The van der Waals surface area contributed by atoms with E-state index < -0.39 is 0 Å². The van der Waals surface area contributed by atoms with Crippen molar-refractivity contribution in [2.24, 2.45) is 5.92 Å². The fourth-order valence-electron chi connectivity index (χ4n) is 3.46. The summed E-state index contributed by atoms with van der Waals surface area (Å²) in [4.78, 5) is 2.29. The number of fused-ring (bicyclic) bond motifs is 1. The third-order valence-corrected chi connectivity index (χ3v) is 4.57. The molecule has 0 amide bonds. The summed E-state index contributed by atoms with van der Waals surface area (Å²) in [6.07, 6.45) is 6.92. The molecule has 1 saturated heterocycles. The molecule has 1 aromatic rings. The van der Waals surface area contributed by atoms with E-state index in [4.69, 9.17) is 0 Å². The van der Waals surface area contributed by atoms with E-state index in [0.717, 1.165) is 32.4 Å². The van der Waals surface area contributed by atoms with Gasteiger partial charge in [0, 0.05) is 19.0 Å². The van der Waals surface area contributed by atoms with E-state index in [1.54, 1.807) is 0 Å². The number of aliphatic hydroxyl groups excluding tert-OH is 1. The van der Waals surface area contributed by atoms with E-state index in [1.165, 1.54) is 30.4 Å². The molecule has 0 spiro atoms. The van der Waals surface area contributed by atoms with Gasteiger partial charge in [-0.25, -0.2) is 0 Å². The summed E-state index contributed by atoms with van der Waals surface area (Å²) in [5, 5.41) is 10.6. The van der Waals surface area contributed by atoms with Gasteiger partial charge >= 0.3 is 0 Å². The third kappa shape index (κ3) is 2.45. The molecule has 2 heteroatoms. The summed E-state index contributed by atoms with van der Waals surface area (Å²) >= 11 is 0. The molecule has 0 saturated carbocycles. The largest absolute Gasteiger partial charge is 0.378 e. The monoisotopic (exact) mass is 245 g/mol. The van der Waals surface area contributed by atoms with E-state index in [9.17, 15) is 5.11 Å². The molecule has 1 heterocycles. The zero-order chi connectivity index (χ0) is 12.4. The van der Waals surface area contributed by atoms with Gasteiger partial charge in [0.2, 0.25) is 0 Å². The molecule has 0 bridgehead atoms. The fraction of sp³-hybridized carbons (Fsp3) is 0.625. The predicted molar refractivity (Wildman–Crippen MR) is 73.4 cm³/mol. The highest BCUT2D eigenvalue weighted by atomic mass is 16.3. The van der Waals surface area contributed by atoms with E-state index >= 15 is 0 Å². The number of likely N-dealkylation sites (tertiary alicyclic amines) is 1. The molecule has 2 nitrogen and oxygen atoms in total. The lowest BCUT2D eigenvalue weighted by molar-refractivity contribution is -0.0526. The maximum Gasteiger partial charge on any atom is 0.110 e. The van der Waals surface area contributed by atoms with Crippen LogP contribution in [-0.4, -0.2) is 29.3 Å². The molecule has 1 N–H and O–H groups in total. The highest BCUT2D eigenvalue weighted by Gasteiger charge is 2.29. The number of piperidine rings is 1. The van der Waals surface area contributed by atoms with Gasteiger partial charge in [-0.15, -0.1) is 0 Å². The Hall–Kier alpha value is -0.860. The van der Waals surface area contributed by atoms with Crippen LogP contribution in [-0.2, 0) is 12.8 Å². The summed E-state index contributed by atoms with van der Waals surface area (Å²) in [6.45, 7) is 2.17. The van der Waals surface area contributed by atoms with E-state index in [0.29, 0.717) is 5.92 Å². The first-order valence-corrected chi connectivity index (χ1v) is 7.33. The Labute approximate surface area is 110 Å². The highest BCUT2D eigenvalue weighted by molar-refractivity contribution is 5.29. The Balaban J connectivity index is 1.67. The Morgan fingerprint density at radius 3 is 2.56 bits per heavy atom. The number of aliphatic hydroxyl groups is 1. The zero-order valence-corrected chi connectivity index (χ0v) is 11.0. The average Bonchev–Trinajstić information content (AvgIpc) is 2.47. The molecular weight excluding hydrogens is 222 g/mol. The summed E-state index contributed by atoms with van der Waals surface area (Å²) in [6, 6.07) is 8.71. The van der Waals surface area contributed by atoms with Crippen LogP contribution in [0, 0.1) is 5.92 Å². The Morgan fingerprint density at radius 1 is 1.06 bits per heavy atom. The SMILES string of the molecule is OC(C1CCc2ccccc2C1)N1CCCCC1. The number of hydrogen-bond donors (Lipinski definition) is 1. The summed E-state index contributed by atoms with van der Waals surface area (Å²) in [5.41, 5.74) is 2.93. The van der Waals surface area contributed by atoms with Crippen molar-refractivity contribution in [1.82, 2.24) is 4.90 Å². The van der Waals surface area contributed by atoms with E-state index in [-0.39, 0.29) is 6.23 Å². The third-order valence-electron chi connectivity index (χ3n) is 4.57. The maximum absolute atomic E-state index is 10.6. The van der Waals surface area contributed by atoms with Crippen molar-refractivity contribution in [3.8, 4) is 0 Å². The number of hydrogen-bond acceptors (Lipinski definition) is 2. The molecule has 3 rings (SSSR count). The summed E-state index contributed by atoms with van der Waals surface area (Å²) < 4.78 is 0. The molecule has 0 radical (unpaired) electrons. The average molecular weight is 245 g/mol. The molecule has 1 fully saturated rings. The van der Waals surface area contributed by atoms with Crippen LogP contribution in [0.3, 0.4) is 0 Å². The lowest BCUT2D eigenvalue weighted by atomic mass is 9.82. The lowest BCUT2D eigenvalue weighted by Gasteiger charge is -2.37. The minimum Gasteiger partial charge on any atom is -0.378 e. The van der Waals surface area contributed by atoms with Gasteiger partial charge in [0.15, 0.2) is 0 Å². The Kier molecular flexibility index (Phi) is 3.67. The lowest BCUT2D eigenvalue weighted by Crippen LogP contribution is -2.45. The summed E-state index contributed by atoms with van der Waals surface area (Å²) in [7, 11) is 0. The summed E-state index contributed by atoms with van der Waals surface area (Å²) in [5.74, 6) is 0.429. The Morgan fingerprint density at radius 2 is 1.78 bits per heavy atom. The van der Waals surface area contributed by atoms with Crippen LogP contribution in [0.5, 0.6) is 0 Å². The first-order valence-electron chi connectivity index (χ1n) is 7.33. The van der Waals surface area contributed by atoms with Crippen molar-refractivity contribution in [3.63, 3.8) is 0 Å². The quantitative estimate of drug-likeness (QED) is 0.865. The maximum atomic E-state index is 10.6. The van der Waals surface area contributed by atoms with Crippen LogP contribution in [0.4, 0.5) is 0 Å². The van der Waals surface area contributed by atoms with Crippen molar-refractivity contribution in [2.45, 2.75) is 44.8 Å². The van der Waals surface area contributed by atoms with E-state index in [2.05, 4.69) is 29.2 Å². The van der Waals surface area contributed by atoms with Crippen LogP contribution < -0.4 is 0 Å². The highest BCUT2D eigenvalue weighted by Crippen LogP contribution is 2.29. The molecule has 1 aliphatic carbocycles. The van der Waals surface area contributed by atoms with Crippen molar-refractivity contribution in [1.29, 1.82) is 0 Å². The van der Waals surface area contributed by atoms with Crippen molar-refractivity contribution in [3.05, 3.63) is 35.4 Å². The van der Waals surface area contributed by atoms with Crippen LogP contribution >= 0.6 is 0 Å². The molecule has 2 aliphatic rings. The molecule has 2 atom stereocenters. The normalized spacial score (nSPS) is 26.6. The fourth-order valence-corrected chi connectivity index (χ4v) is 3.46. The van der Waals surface area contributed by atoms with Gasteiger partial charge < -0.3 is 5.11 Å². The van der Waals surface area contributed by atoms with Crippen LogP contribution in [0.25, 0.3) is 0 Å². The van der Waals surface area contributed by atoms with Gasteiger partial charge in [0.05, 0.1) is 0 Å². The van der Waals surface area contributed by atoms with Gasteiger partial charge in [-0.1, -0.05) is 30.7 Å². The second-order valence-electron chi connectivity index (χ2n) is 5.78. The van der Waals surface area contributed by atoms with Gasteiger partial charge in [0.25, 0.3) is 0 Å². The standard InChI is InChI=1S/C16H23NO/c18-16(17-10-4-1-5-11-17)15-9-8-13-6-2-3-7-14(13)12-15/h2-3,6-7,15-16,18H,1,4-5,8-12H2. The molecule has 18 heavy (non-hydrogen) atoms. The Bertz CT molecular complexity index is 398. The number of aryl methyl sites for hydroxylation is 1. The van der Waals surface area contributed by atoms with Gasteiger partial charge in [-0.05, 0) is 43.2 Å².